The number of anilines is 1. The van der Waals surface area contributed by atoms with E-state index in [1.54, 1.807) is 18.4 Å². The molecule has 3 aliphatic heterocycles. The number of benzene rings is 2. The summed E-state index contributed by atoms with van der Waals surface area (Å²) in [6.45, 7) is 5.94. The highest BCUT2D eigenvalue weighted by atomic mass is 32.1. The van der Waals surface area contributed by atoms with Crippen LogP contribution >= 0.6 is 11.3 Å². The quantitative estimate of drug-likeness (QED) is 0.573. The highest BCUT2D eigenvalue weighted by Crippen LogP contribution is 2.37. The van der Waals surface area contributed by atoms with Crippen molar-refractivity contribution in [2.75, 3.05) is 58.1 Å². The monoisotopic (exact) mass is 466 g/mol. The number of nitrogens with zero attached hydrogens (tertiary/aromatic N) is 4. The van der Waals surface area contributed by atoms with E-state index in [-0.39, 0.29) is 11.8 Å². The summed E-state index contributed by atoms with van der Waals surface area (Å²) in [6, 6.07) is 12.1. The average Bonchev–Trinajstić information content (AvgIpc) is 3.44. The second kappa shape index (κ2) is 8.39. The highest BCUT2D eigenvalue weighted by Gasteiger charge is 2.37. The average molecular weight is 467 g/mol. The minimum Gasteiger partial charge on any atom is -0.494 e. The number of fused-ring (bicyclic) bond motifs is 2. The summed E-state index contributed by atoms with van der Waals surface area (Å²) in [7, 11) is 1.67. The third-order valence-electron chi connectivity index (χ3n) is 6.62. The van der Waals surface area contributed by atoms with Crippen LogP contribution in [0.4, 0.5) is 5.13 Å². The Morgan fingerprint density at radius 2 is 1.94 bits per heavy atom. The molecule has 0 aliphatic carbocycles. The van der Waals surface area contributed by atoms with Gasteiger partial charge in [0.1, 0.15) is 11.3 Å². The van der Waals surface area contributed by atoms with Crippen LogP contribution < -0.4 is 19.1 Å². The lowest BCUT2D eigenvalue weighted by molar-refractivity contribution is -0.138. The molecule has 3 aromatic rings. The van der Waals surface area contributed by atoms with Gasteiger partial charge in [-0.05, 0) is 29.8 Å². The maximum atomic E-state index is 13.0. The lowest BCUT2D eigenvalue weighted by atomic mass is 9.99. The molecule has 172 valence electrons. The fourth-order valence-electron chi connectivity index (χ4n) is 4.68. The van der Waals surface area contributed by atoms with Gasteiger partial charge in [-0.25, -0.2) is 4.98 Å². The third kappa shape index (κ3) is 3.85. The Labute approximate surface area is 196 Å². The van der Waals surface area contributed by atoms with Gasteiger partial charge in [0.25, 0.3) is 0 Å². The number of carbonyl (C=O) groups excluding carboxylic acids is 1. The van der Waals surface area contributed by atoms with E-state index in [1.807, 2.05) is 23.1 Å². The van der Waals surface area contributed by atoms with Gasteiger partial charge in [0.05, 0.1) is 17.7 Å². The topological polar surface area (TPSA) is 67.4 Å². The molecule has 9 heteroatoms. The summed E-state index contributed by atoms with van der Waals surface area (Å²) in [4.78, 5) is 24.4. The van der Waals surface area contributed by atoms with E-state index in [2.05, 4.69) is 28.0 Å². The Morgan fingerprint density at radius 3 is 2.76 bits per heavy atom. The van der Waals surface area contributed by atoms with Crippen LogP contribution in [0.2, 0.25) is 0 Å². The van der Waals surface area contributed by atoms with E-state index in [9.17, 15) is 4.79 Å². The van der Waals surface area contributed by atoms with Gasteiger partial charge in [0, 0.05) is 45.8 Å². The first-order valence-electron chi connectivity index (χ1n) is 11.3. The molecule has 0 atom stereocenters. The number of hydrogen-bond acceptors (Lipinski definition) is 8. The molecule has 4 heterocycles. The molecular weight excluding hydrogens is 440 g/mol. The second-order valence-electron chi connectivity index (χ2n) is 8.69. The number of piperazine rings is 1. The maximum Gasteiger partial charge on any atom is 0.231 e. The molecule has 0 spiro atoms. The van der Waals surface area contributed by atoms with Crippen molar-refractivity contribution in [3.05, 3.63) is 42.0 Å². The van der Waals surface area contributed by atoms with Crippen molar-refractivity contribution in [1.82, 2.24) is 14.8 Å². The predicted molar refractivity (Wildman–Crippen MR) is 126 cm³/mol. The molecule has 33 heavy (non-hydrogen) atoms. The van der Waals surface area contributed by atoms with Crippen molar-refractivity contribution in [3.63, 3.8) is 0 Å². The zero-order valence-corrected chi connectivity index (χ0v) is 19.3. The van der Waals surface area contributed by atoms with Crippen LogP contribution in [0.25, 0.3) is 10.2 Å². The van der Waals surface area contributed by atoms with Gasteiger partial charge in [0.2, 0.25) is 12.7 Å². The van der Waals surface area contributed by atoms with E-state index in [0.717, 1.165) is 78.4 Å². The Morgan fingerprint density at radius 1 is 1.12 bits per heavy atom. The van der Waals surface area contributed by atoms with Crippen molar-refractivity contribution in [2.24, 2.45) is 5.92 Å². The van der Waals surface area contributed by atoms with Crippen LogP contribution in [-0.4, -0.2) is 73.9 Å². The van der Waals surface area contributed by atoms with Gasteiger partial charge in [-0.15, -0.1) is 0 Å². The normalized spacial score (nSPS) is 18.6. The molecule has 6 rings (SSSR count). The van der Waals surface area contributed by atoms with Crippen molar-refractivity contribution in [3.8, 4) is 17.2 Å². The van der Waals surface area contributed by atoms with Crippen molar-refractivity contribution in [2.45, 2.75) is 6.54 Å². The summed E-state index contributed by atoms with van der Waals surface area (Å²) in [6.07, 6.45) is 0. The number of ether oxygens (including phenoxy) is 3. The summed E-state index contributed by atoms with van der Waals surface area (Å²) in [5.41, 5.74) is 2.11. The van der Waals surface area contributed by atoms with Crippen molar-refractivity contribution >= 4 is 32.6 Å². The number of carbonyl (C=O) groups is 1. The Hall–Kier alpha value is -3.04. The molecule has 2 aromatic carbocycles. The summed E-state index contributed by atoms with van der Waals surface area (Å²) in [5, 5.41) is 0.965. The largest absolute Gasteiger partial charge is 0.494 e. The van der Waals surface area contributed by atoms with Gasteiger partial charge in [-0.2, -0.15) is 0 Å². The second-order valence-corrected chi connectivity index (χ2v) is 9.70. The maximum absolute atomic E-state index is 13.0. The third-order valence-corrected chi connectivity index (χ3v) is 7.70. The van der Waals surface area contributed by atoms with Crippen LogP contribution in [0.1, 0.15) is 5.56 Å². The number of para-hydroxylation sites is 1. The molecule has 0 N–H and O–H groups in total. The number of aromatic nitrogens is 1. The Bertz CT molecular complexity index is 1180. The molecule has 0 radical (unpaired) electrons. The number of thiazole rings is 1. The molecular formula is C24H26N4O4S. The van der Waals surface area contributed by atoms with Crippen LogP contribution in [0.5, 0.6) is 17.2 Å². The lowest BCUT2D eigenvalue weighted by Crippen LogP contribution is -2.57. The highest BCUT2D eigenvalue weighted by molar-refractivity contribution is 7.22. The molecule has 2 fully saturated rings. The summed E-state index contributed by atoms with van der Waals surface area (Å²) in [5.74, 6) is 2.75. The van der Waals surface area contributed by atoms with Gasteiger partial charge in [-0.3, -0.25) is 9.69 Å². The smallest absolute Gasteiger partial charge is 0.231 e. The zero-order valence-electron chi connectivity index (χ0n) is 18.5. The molecule has 0 bridgehead atoms. The van der Waals surface area contributed by atoms with Gasteiger partial charge in [0.15, 0.2) is 16.6 Å². The first kappa shape index (κ1) is 20.6. The fraction of sp³-hybridized carbons (Fsp3) is 0.417. The Balaban J connectivity index is 1.01. The van der Waals surface area contributed by atoms with Crippen LogP contribution in [0, 0.1) is 5.92 Å². The summed E-state index contributed by atoms with van der Waals surface area (Å²) >= 11 is 1.66. The molecule has 8 nitrogen and oxygen atoms in total. The zero-order chi connectivity index (χ0) is 22.4. The molecule has 3 aliphatic rings. The molecule has 2 saturated heterocycles. The standard InChI is InChI=1S/C24H26N4O4S/c1-30-19-3-2-4-21-22(19)25-24(33-21)28-13-17(14-28)23(29)27-9-7-26(8-10-27)12-16-5-6-18-20(11-16)32-15-31-18/h2-6,11,17H,7-10,12-15H2,1H3. The molecule has 0 unspecified atom stereocenters. The van der Waals surface area contributed by atoms with Crippen LogP contribution in [0.3, 0.4) is 0 Å². The SMILES string of the molecule is COc1cccc2sc(N3CC(C(=O)N4CCN(Cc5ccc6c(c5)OCO6)CC4)C3)nc12. The first-order chi connectivity index (χ1) is 16.2. The van der Waals surface area contributed by atoms with Crippen LogP contribution in [-0.2, 0) is 11.3 Å². The number of amides is 1. The van der Waals surface area contributed by atoms with E-state index in [1.165, 1.54) is 5.56 Å². The number of methoxy groups -OCH3 is 1. The molecule has 1 amide bonds. The van der Waals surface area contributed by atoms with Gasteiger partial charge < -0.3 is 24.0 Å². The van der Waals surface area contributed by atoms with Crippen molar-refractivity contribution in [1.29, 1.82) is 0 Å². The molecule has 0 saturated carbocycles. The first-order valence-corrected chi connectivity index (χ1v) is 12.1. The lowest BCUT2D eigenvalue weighted by Gasteiger charge is -2.42. The van der Waals surface area contributed by atoms with Gasteiger partial charge >= 0.3 is 0 Å². The van der Waals surface area contributed by atoms with E-state index < -0.39 is 0 Å². The van der Waals surface area contributed by atoms with E-state index >= 15 is 0 Å². The number of hydrogen-bond donors (Lipinski definition) is 0. The predicted octanol–water partition coefficient (Wildman–Crippen LogP) is 2.81. The minimum atomic E-state index is 0.0549. The van der Waals surface area contributed by atoms with E-state index in [4.69, 9.17) is 19.2 Å². The van der Waals surface area contributed by atoms with E-state index in [0.29, 0.717) is 6.79 Å². The van der Waals surface area contributed by atoms with Crippen LogP contribution in [0.15, 0.2) is 36.4 Å². The Kier molecular flexibility index (Phi) is 5.22. The molecule has 1 aromatic heterocycles. The number of rotatable bonds is 5. The summed E-state index contributed by atoms with van der Waals surface area (Å²) < 4.78 is 17.4. The fourth-order valence-corrected chi connectivity index (χ4v) is 5.69. The van der Waals surface area contributed by atoms with Crippen molar-refractivity contribution < 1.29 is 19.0 Å². The van der Waals surface area contributed by atoms with Gasteiger partial charge in [-0.1, -0.05) is 23.5 Å². The minimum absolute atomic E-state index is 0.0549.